The lowest BCUT2D eigenvalue weighted by Gasteiger charge is -2.13. The van der Waals surface area contributed by atoms with Gasteiger partial charge in [0.15, 0.2) is 5.82 Å². The SMILES string of the molecule is CSC1(CNc2nccn(C)c2=O)CC1. The van der Waals surface area contributed by atoms with Crippen LogP contribution < -0.4 is 10.9 Å². The van der Waals surface area contributed by atoms with Gasteiger partial charge in [0.1, 0.15) is 0 Å². The molecule has 1 N–H and O–H groups in total. The summed E-state index contributed by atoms with van der Waals surface area (Å²) in [6.45, 7) is 0.834. The van der Waals surface area contributed by atoms with E-state index >= 15 is 0 Å². The minimum absolute atomic E-state index is 0.0607. The highest BCUT2D eigenvalue weighted by molar-refractivity contribution is 8.00. The van der Waals surface area contributed by atoms with Gasteiger partial charge in [-0.1, -0.05) is 0 Å². The monoisotopic (exact) mass is 225 g/mol. The minimum Gasteiger partial charge on any atom is -0.364 e. The summed E-state index contributed by atoms with van der Waals surface area (Å²) in [6, 6.07) is 0. The van der Waals surface area contributed by atoms with Crippen LogP contribution in [0.3, 0.4) is 0 Å². The number of aryl methyl sites for hydroxylation is 1. The van der Waals surface area contributed by atoms with E-state index in [0.717, 1.165) is 6.54 Å². The first-order valence-corrected chi connectivity index (χ1v) is 6.20. The quantitative estimate of drug-likeness (QED) is 0.833. The summed E-state index contributed by atoms with van der Waals surface area (Å²) in [6.07, 6.45) is 7.88. The fourth-order valence-electron chi connectivity index (χ4n) is 1.46. The summed E-state index contributed by atoms with van der Waals surface area (Å²) in [5, 5.41) is 3.14. The molecule has 1 aromatic rings. The molecule has 82 valence electrons. The molecule has 1 aliphatic carbocycles. The molecule has 0 aromatic carbocycles. The molecule has 0 atom stereocenters. The minimum atomic E-state index is -0.0607. The molecular weight excluding hydrogens is 210 g/mol. The zero-order valence-electron chi connectivity index (χ0n) is 8.99. The molecule has 0 bridgehead atoms. The summed E-state index contributed by atoms with van der Waals surface area (Å²) in [4.78, 5) is 15.7. The van der Waals surface area contributed by atoms with E-state index in [9.17, 15) is 4.79 Å². The second kappa shape index (κ2) is 3.89. The summed E-state index contributed by atoms with van der Waals surface area (Å²) in [7, 11) is 1.73. The Morgan fingerprint density at radius 2 is 2.40 bits per heavy atom. The van der Waals surface area contributed by atoms with Crippen molar-refractivity contribution in [3.05, 3.63) is 22.7 Å². The molecule has 0 saturated heterocycles. The molecule has 5 heteroatoms. The highest BCUT2D eigenvalue weighted by Crippen LogP contribution is 2.46. The largest absolute Gasteiger partial charge is 0.364 e. The van der Waals surface area contributed by atoms with Crippen molar-refractivity contribution in [3.63, 3.8) is 0 Å². The average molecular weight is 225 g/mol. The fourth-order valence-corrected chi connectivity index (χ4v) is 2.18. The molecule has 1 aromatic heterocycles. The first kappa shape index (κ1) is 10.5. The van der Waals surface area contributed by atoms with Crippen molar-refractivity contribution in [3.8, 4) is 0 Å². The summed E-state index contributed by atoms with van der Waals surface area (Å²) in [5.74, 6) is 0.459. The lowest BCUT2D eigenvalue weighted by Crippen LogP contribution is -2.26. The Balaban J connectivity index is 2.05. The summed E-state index contributed by atoms with van der Waals surface area (Å²) in [5.41, 5.74) is -0.0607. The first-order valence-electron chi connectivity index (χ1n) is 4.97. The van der Waals surface area contributed by atoms with Crippen LogP contribution in [0, 0.1) is 0 Å². The van der Waals surface area contributed by atoms with Gasteiger partial charge in [0.05, 0.1) is 0 Å². The smallest absolute Gasteiger partial charge is 0.293 e. The zero-order valence-corrected chi connectivity index (χ0v) is 9.80. The van der Waals surface area contributed by atoms with Crippen molar-refractivity contribution in [2.24, 2.45) is 7.05 Å². The van der Waals surface area contributed by atoms with Gasteiger partial charge in [0, 0.05) is 30.7 Å². The number of nitrogens with one attached hydrogen (secondary N) is 1. The Kier molecular flexibility index (Phi) is 2.73. The van der Waals surface area contributed by atoms with E-state index in [1.807, 2.05) is 11.8 Å². The average Bonchev–Trinajstić information content (AvgIpc) is 3.01. The molecule has 1 fully saturated rings. The molecular formula is C10H15N3OS. The molecule has 15 heavy (non-hydrogen) atoms. The van der Waals surface area contributed by atoms with Gasteiger partial charge in [-0.25, -0.2) is 4.98 Å². The van der Waals surface area contributed by atoms with Crippen LogP contribution in [0.5, 0.6) is 0 Å². The number of rotatable bonds is 4. The van der Waals surface area contributed by atoms with Crippen molar-refractivity contribution >= 4 is 17.6 Å². The second-order valence-corrected chi connectivity index (χ2v) is 5.21. The van der Waals surface area contributed by atoms with Gasteiger partial charge in [-0.15, -0.1) is 0 Å². The topological polar surface area (TPSA) is 46.9 Å². The maximum Gasteiger partial charge on any atom is 0.293 e. The van der Waals surface area contributed by atoms with Crippen LogP contribution in [0.2, 0.25) is 0 Å². The van der Waals surface area contributed by atoms with Crippen LogP contribution in [0.1, 0.15) is 12.8 Å². The number of hydrogen-bond donors (Lipinski definition) is 1. The molecule has 0 aliphatic heterocycles. The van der Waals surface area contributed by atoms with E-state index < -0.39 is 0 Å². The molecule has 0 spiro atoms. The fraction of sp³-hybridized carbons (Fsp3) is 0.600. The summed E-state index contributed by atoms with van der Waals surface area (Å²) >= 11 is 1.87. The van der Waals surface area contributed by atoms with Crippen molar-refractivity contribution in [2.75, 3.05) is 18.1 Å². The lowest BCUT2D eigenvalue weighted by atomic mass is 10.4. The zero-order chi connectivity index (χ0) is 10.9. The number of thioether (sulfide) groups is 1. The number of hydrogen-bond acceptors (Lipinski definition) is 4. The van der Waals surface area contributed by atoms with E-state index in [0.29, 0.717) is 10.6 Å². The number of aromatic nitrogens is 2. The van der Waals surface area contributed by atoms with Crippen molar-refractivity contribution in [1.82, 2.24) is 9.55 Å². The molecule has 0 amide bonds. The third-order valence-corrected chi connectivity index (χ3v) is 4.25. The van der Waals surface area contributed by atoms with Gasteiger partial charge >= 0.3 is 0 Å². The van der Waals surface area contributed by atoms with Gasteiger partial charge < -0.3 is 9.88 Å². The van der Waals surface area contributed by atoms with Crippen LogP contribution >= 0.6 is 11.8 Å². The lowest BCUT2D eigenvalue weighted by molar-refractivity contribution is 0.833. The Morgan fingerprint density at radius 1 is 1.67 bits per heavy atom. The van der Waals surface area contributed by atoms with Crippen LogP contribution in [0.4, 0.5) is 5.82 Å². The van der Waals surface area contributed by atoms with Gasteiger partial charge in [-0.05, 0) is 19.1 Å². The molecule has 1 heterocycles. The highest BCUT2D eigenvalue weighted by atomic mass is 32.2. The second-order valence-electron chi connectivity index (χ2n) is 3.93. The molecule has 0 unspecified atom stereocenters. The molecule has 2 rings (SSSR count). The maximum atomic E-state index is 11.6. The standard InChI is InChI=1S/C10H15N3OS/c1-13-6-5-11-8(9(13)14)12-7-10(15-2)3-4-10/h5-6H,3-4,7H2,1-2H3,(H,11,12). The van der Waals surface area contributed by atoms with Crippen molar-refractivity contribution in [2.45, 2.75) is 17.6 Å². The van der Waals surface area contributed by atoms with Crippen LogP contribution in [0.15, 0.2) is 17.2 Å². The Morgan fingerprint density at radius 3 is 3.00 bits per heavy atom. The first-order chi connectivity index (χ1) is 7.17. The van der Waals surface area contributed by atoms with Crippen molar-refractivity contribution < 1.29 is 0 Å². The van der Waals surface area contributed by atoms with Gasteiger partial charge in [-0.3, -0.25) is 4.79 Å². The van der Waals surface area contributed by atoms with Crippen LogP contribution in [0.25, 0.3) is 0 Å². The highest BCUT2D eigenvalue weighted by Gasteiger charge is 2.41. The van der Waals surface area contributed by atoms with E-state index in [2.05, 4.69) is 16.6 Å². The van der Waals surface area contributed by atoms with E-state index in [4.69, 9.17) is 0 Å². The van der Waals surface area contributed by atoms with Crippen molar-refractivity contribution in [1.29, 1.82) is 0 Å². The van der Waals surface area contributed by atoms with Gasteiger partial charge in [-0.2, -0.15) is 11.8 Å². The predicted molar refractivity (Wildman–Crippen MR) is 63.4 cm³/mol. The molecule has 1 aliphatic rings. The van der Waals surface area contributed by atoms with E-state index in [1.54, 1.807) is 19.4 Å². The Hall–Kier alpha value is -0.970. The van der Waals surface area contributed by atoms with Gasteiger partial charge in [0.25, 0.3) is 5.56 Å². The maximum absolute atomic E-state index is 11.6. The van der Waals surface area contributed by atoms with Gasteiger partial charge in [0.2, 0.25) is 0 Å². The number of nitrogens with zero attached hydrogens (tertiary/aromatic N) is 2. The number of anilines is 1. The normalized spacial score (nSPS) is 17.5. The third kappa shape index (κ3) is 2.17. The molecule has 1 saturated carbocycles. The van der Waals surface area contributed by atoms with E-state index in [-0.39, 0.29) is 5.56 Å². The van der Waals surface area contributed by atoms with E-state index in [1.165, 1.54) is 17.4 Å². The Labute approximate surface area is 93.1 Å². The predicted octanol–water partition coefficient (Wildman–Crippen LogP) is 1.09. The molecule has 4 nitrogen and oxygen atoms in total. The Bertz CT molecular complexity index is 411. The van der Waals surface area contributed by atoms with Crippen LogP contribution in [-0.4, -0.2) is 27.1 Å². The molecule has 0 radical (unpaired) electrons. The third-order valence-electron chi connectivity index (χ3n) is 2.84. The van der Waals surface area contributed by atoms with Crippen LogP contribution in [-0.2, 0) is 7.05 Å². The summed E-state index contributed by atoms with van der Waals surface area (Å²) < 4.78 is 1.89.